The number of oxazole rings is 1. The monoisotopic (exact) mass is 352 g/mol. The van der Waals surface area contributed by atoms with E-state index in [4.69, 9.17) is 27.6 Å². The minimum absolute atomic E-state index is 0.172. The van der Waals surface area contributed by atoms with Gasteiger partial charge in [-0.1, -0.05) is 47.1 Å². The molecule has 0 spiro atoms. The van der Waals surface area contributed by atoms with E-state index < -0.39 is 0 Å². The predicted octanol–water partition coefficient (Wildman–Crippen LogP) is 4.87. The molecule has 0 aliphatic heterocycles. The summed E-state index contributed by atoms with van der Waals surface area (Å²) < 4.78 is 5.53. The van der Waals surface area contributed by atoms with Crippen molar-refractivity contribution in [2.24, 2.45) is 0 Å². The zero-order valence-corrected chi connectivity index (χ0v) is 13.5. The lowest BCUT2D eigenvalue weighted by molar-refractivity contribution is -0.113. The van der Waals surface area contributed by atoms with Crippen LogP contribution in [0.5, 0.6) is 0 Å². The largest absolute Gasteiger partial charge is 0.431 e. The van der Waals surface area contributed by atoms with E-state index in [1.165, 1.54) is 11.8 Å². The molecular formula is C15H10Cl2N2O2S. The number of anilines is 1. The summed E-state index contributed by atoms with van der Waals surface area (Å²) in [5.41, 5.74) is 1.89. The number of nitrogens with zero attached hydrogens (tertiary/aromatic N) is 1. The van der Waals surface area contributed by atoms with Gasteiger partial charge in [-0.25, -0.2) is 4.98 Å². The number of carbonyl (C=O) groups excluding carboxylic acids is 1. The van der Waals surface area contributed by atoms with Crippen LogP contribution < -0.4 is 5.32 Å². The summed E-state index contributed by atoms with van der Waals surface area (Å²) in [7, 11) is 0. The van der Waals surface area contributed by atoms with Crippen LogP contribution in [0.4, 0.5) is 5.69 Å². The zero-order valence-electron chi connectivity index (χ0n) is 11.2. The Bertz CT molecular complexity index is 835. The number of hydrogen-bond donors (Lipinski definition) is 1. The maximum atomic E-state index is 11.9. The lowest BCUT2D eigenvalue weighted by atomic mass is 10.3. The van der Waals surface area contributed by atoms with Crippen LogP contribution in [0.3, 0.4) is 0 Å². The molecule has 0 saturated heterocycles. The molecule has 22 heavy (non-hydrogen) atoms. The van der Waals surface area contributed by atoms with Gasteiger partial charge in [0.15, 0.2) is 5.58 Å². The smallest absolute Gasteiger partial charge is 0.257 e. The van der Waals surface area contributed by atoms with Gasteiger partial charge < -0.3 is 9.73 Å². The fraction of sp³-hybridized carbons (Fsp3) is 0.0667. The number of thioether (sulfide) groups is 1. The number of hydrogen-bond acceptors (Lipinski definition) is 4. The van der Waals surface area contributed by atoms with Crippen molar-refractivity contribution in [2.45, 2.75) is 5.22 Å². The second-order valence-electron chi connectivity index (χ2n) is 4.41. The van der Waals surface area contributed by atoms with Gasteiger partial charge in [-0.05, 0) is 30.3 Å². The Kier molecular flexibility index (Phi) is 4.57. The first-order valence-corrected chi connectivity index (χ1v) is 8.09. The Morgan fingerprint density at radius 1 is 1.23 bits per heavy atom. The standard InChI is InChI=1S/C15H10Cl2N2O2S/c16-9-5-6-13-12(7-9)19-15(21-13)22-8-14(20)18-11-4-2-1-3-10(11)17/h1-7H,8H2,(H,18,20). The van der Waals surface area contributed by atoms with Crippen LogP contribution in [0.15, 0.2) is 52.1 Å². The zero-order chi connectivity index (χ0) is 15.5. The number of aromatic nitrogens is 1. The van der Waals surface area contributed by atoms with Gasteiger partial charge in [-0.3, -0.25) is 4.79 Å². The molecule has 0 unspecified atom stereocenters. The molecule has 3 rings (SSSR count). The number of halogens is 2. The summed E-state index contributed by atoms with van der Waals surface area (Å²) in [6.07, 6.45) is 0. The minimum atomic E-state index is -0.182. The average molecular weight is 353 g/mol. The van der Waals surface area contributed by atoms with Gasteiger partial charge in [0.25, 0.3) is 5.22 Å². The summed E-state index contributed by atoms with van der Waals surface area (Å²) in [5.74, 6) is -0.00965. The minimum Gasteiger partial charge on any atom is -0.431 e. The van der Waals surface area contributed by atoms with Crippen molar-refractivity contribution in [3.8, 4) is 0 Å². The fourth-order valence-electron chi connectivity index (χ4n) is 1.82. The quantitative estimate of drug-likeness (QED) is 0.680. The highest BCUT2D eigenvalue weighted by Gasteiger charge is 2.10. The van der Waals surface area contributed by atoms with Gasteiger partial charge in [0.1, 0.15) is 5.52 Å². The Labute approximate surface area is 140 Å². The number of carbonyl (C=O) groups is 1. The van der Waals surface area contributed by atoms with Crippen molar-refractivity contribution in [3.05, 3.63) is 52.5 Å². The van der Waals surface area contributed by atoms with Gasteiger partial charge >= 0.3 is 0 Å². The first-order chi connectivity index (χ1) is 10.6. The molecule has 2 aromatic carbocycles. The lowest BCUT2D eigenvalue weighted by Gasteiger charge is -2.05. The molecule has 1 N–H and O–H groups in total. The van der Waals surface area contributed by atoms with Crippen LogP contribution in [0, 0.1) is 0 Å². The summed E-state index contributed by atoms with van der Waals surface area (Å²) in [6, 6.07) is 12.3. The van der Waals surface area contributed by atoms with E-state index >= 15 is 0 Å². The first kappa shape index (κ1) is 15.2. The summed E-state index contributed by atoms with van der Waals surface area (Å²) in [4.78, 5) is 16.2. The molecule has 0 fully saturated rings. The number of rotatable bonds is 4. The Hall–Kier alpha value is -1.69. The third-order valence-electron chi connectivity index (χ3n) is 2.80. The normalized spacial score (nSPS) is 10.8. The predicted molar refractivity (Wildman–Crippen MR) is 89.8 cm³/mol. The Morgan fingerprint density at radius 3 is 2.86 bits per heavy atom. The molecule has 112 valence electrons. The van der Waals surface area contributed by atoms with Crippen molar-refractivity contribution in [1.82, 2.24) is 4.98 Å². The lowest BCUT2D eigenvalue weighted by Crippen LogP contribution is -2.14. The van der Waals surface area contributed by atoms with Crippen LogP contribution in [0.1, 0.15) is 0 Å². The summed E-state index contributed by atoms with van der Waals surface area (Å²) >= 11 is 13.1. The molecule has 0 saturated carbocycles. The van der Waals surface area contributed by atoms with Gasteiger partial charge in [0.05, 0.1) is 16.5 Å². The van der Waals surface area contributed by atoms with E-state index in [1.54, 1.807) is 42.5 Å². The molecule has 0 atom stereocenters. The van der Waals surface area contributed by atoms with Crippen molar-refractivity contribution in [3.63, 3.8) is 0 Å². The Balaban J connectivity index is 1.63. The molecule has 7 heteroatoms. The highest BCUT2D eigenvalue weighted by Crippen LogP contribution is 2.26. The summed E-state index contributed by atoms with van der Waals surface area (Å²) in [5, 5.41) is 4.25. The van der Waals surface area contributed by atoms with Gasteiger partial charge in [0.2, 0.25) is 5.91 Å². The second-order valence-corrected chi connectivity index (χ2v) is 6.18. The van der Waals surface area contributed by atoms with Crippen molar-refractivity contribution < 1.29 is 9.21 Å². The van der Waals surface area contributed by atoms with E-state index in [0.29, 0.717) is 32.1 Å². The molecule has 1 amide bonds. The third-order valence-corrected chi connectivity index (χ3v) is 4.20. The highest BCUT2D eigenvalue weighted by molar-refractivity contribution is 7.99. The van der Waals surface area contributed by atoms with E-state index in [0.717, 1.165) is 0 Å². The molecule has 4 nitrogen and oxygen atoms in total. The van der Waals surface area contributed by atoms with Crippen LogP contribution in [0.25, 0.3) is 11.1 Å². The van der Waals surface area contributed by atoms with Gasteiger partial charge in [0, 0.05) is 5.02 Å². The third kappa shape index (κ3) is 3.55. The van der Waals surface area contributed by atoms with Gasteiger partial charge in [-0.2, -0.15) is 0 Å². The number of amides is 1. The molecule has 0 radical (unpaired) electrons. The number of nitrogens with one attached hydrogen (secondary N) is 1. The van der Waals surface area contributed by atoms with Crippen LogP contribution in [0.2, 0.25) is 10.0 Å². The second kappa shape index (κ2) is 6.60. The number of benzene rings is 2. The average Bonchev–Trinajstić information content (AvgIpc) is 2.89. The summed E-state index contributed by atoms with van der Waals surface area (Å²) in [6.45, 7) is 0. The van der Waals surface area contributed by atoms with E-state index in [1.807, 2.05) is 0 Å². The number of para-hydroxylation sites is 1. The van der Waals surface area contributed by atoms with E-state index in [-0.39, 0.29) is 11.7 Å². The fourth-order valence-corrected chi connectivity index (χ4v) is 2.80. The maximum Gasteiger partial charge on any atom is 0.257 e. The maximum absolute atomic E-state index is 11.9. The molecular weight excluding hydrogens is 343 g/mol. The molecule has 0 bridgehead atoms. The van der Waals surface area contributed by atoms with Crippen molar-refractivity contribution >= 4 is 57.7 Å². The van der Waals surface area contributed by atoms with Gasteiger partial charge in [-0.15, -0.1) is 0 Å². The molecule has 0 aliphatic rings. The molecule has 1 heterocycles. The Morgan fingerprint density at radius 2 is 2.05 bits per heavy atom. The molecule has 1 aromatic heterocycles. The first-order valence-electron chi connectivity index (χ1n) is 6.35. The van der Waals surface area contributed by atoms with E-state index in [9.17, 15) is 4.79 Å². The van der Waals surface area contributed by atoms with Crippen LogP contribution >= 0.6 is 35.0 Å². The molecule has 3 aromatic rings. The van der Waals surface area contributed by atoms with E-state index in [2.05, 4.69) is 10.3 Å². The van der Waals surface area contributed by atoms with Crippen LogP contribution in [-0.2, 0) is 4.79 Å². The van der Waals surface area contributed by atoms with Crippen molar-refractivity contribution in [2.75, 3.05) is 11.1 Å². The van der Waals surface area contributed by atoms with Crippen molar-refractivity contribution in [1.29, 1.82) is 0 Å². The van der Waals surface area contributed by atoms with Crippen LogP contribution in [-0.4, -0.2) is 16.6 Å². The topological polar surface area (TPSA) is 55.1 Å². The number of fused-ring (bicyclic) bond motifs is 1. The highest BCUT2D eigenvalue weighted by atomic mass is 35.5. The SMILES string of the molecule is O=C(CSc1nc2cc(Cl)ccc2o1)Nc1ccccc1Cl. The molecule has 0 aliphatic carbocycles.